The Morgan fingerprint density at radius 2 is 2.15 bits per heavy atom. The van der Waals surface area contributed by atoms with E-state index in [0.717, 1.165) is 16.1 Å². The van der Waals surface area contributed by atoms with Gasteiger partial charge in [0.1, 0.15) is 16.9 Å². The van der Waals surface area contributed by atoms with Gasteiger partial charge in [0, 0.05) is 27.8 Å². The van der Waals surface area contributed by atoms with E-state index in [4.69, 9.17) is 17.0 Å². The molecule has 4 rings (SSSR count). The number of sulfone groups is 1. The number of pyridine rings is 1. The first kappa shape index (κ1) is 18.8. The van der Waals surface area contributed by atoms with E-state index in [0.29, 0.717) is 11.5 Å². The summed E-state index contributed by atoms with van der Waals surface area (Å²) in [5, 5.41) is 16.2. The van der Waals surface area contributed by atoms with Gasteiger partial charge in [-0.05, 0) is 38.5 Å². The van der Waals surface area contributed by atoms with E-state index in [-0.39, 0.29) is 16.8 Å². The molecule has 2 aromatic heterocycles. The minimum atomic E-state index is -3.50. The number of thioether (sulfide) groups is 1. The quantitative estimate of drug-likeness (QED) is 0.767. The van der Waals surface area contributed by atoms with Crippen molar-refractivity contribution in [1.82, 2.24) is 19.9 Å². The van der Waals surface area contributed by atoms with E-state index >= 15 is 0 Å². The number of hydrogen-bond acceptors (Lipinski definition) is 6. The van der Waals surface area contributed by atoms with Gasteiger partial charge in [0.15, 0.2) is 15.5 Å². The maximum atomic E-state index is 12.8. The summed E-state index contributed by atoms with van der Waals surface area (Å²) in [6.45, 7) is 4.93. The topological polar surface area (TPSA) is 100 Å². The molecule has 2 aromatic rings. The van der Waals surface area contributed by atoms with E-state index < -0.39 is 20.1 Å². The average Bonchev–Trinajstić information content (AvgIpc) is 3.18. The summed E-state index contributed by atoms with van der Waals surface area (Å²) in [7, 11) is -3.50. The predicted molar refractivity (Wildman–Crippen MR) is 108 cm³/mol. The lowest BCUT2D eigenvalue weighted by Crippen LogP contribution is -2.65. The lowest BCUT2D eigenvalue weighted by atomic mass is 10.00. The molecule has 1 unspecified atom stereocenters. The summed E-state index contributed by atoms with van der Waals surface area (Å²) < 4.78 is 26.0. The van der Waals surface area contributed by atoms with Gasteiger partial charge in [-0.3, -0.25) is 5.41 Å². The number of allylic oxidation sites excluding steroid dienone is 1. The van der Waals surface area contributed by atoms with Gasteiger partial charge in [0.2, 0.25) is 0 Å². The first-order chi connectivity index (χ1) is 12.5. The highest BCUT2D eigenvalue weighted by Gasteiger charge is 2.52. The van der Waals surface area contributed by atoms with Crippen LogP contribution in [0.5, 0.6) is 0 Å². The summed E-state index contributed by atoms with van der Waals surface area (Å²) in [6.07, 6.45) is 3.97. The van der Waals surface area contributed by atoms with Crippen molar-refractivity contribution in [3.63, 3.8) is 0 Å². The third kappa shape index (κ3) is 2.87. The van der Waals surface area contributed by atoms with Crippen LogP contribution in [0.15, 0.2) is 34.6 Å². The number of fused-ring (bicyclic) bond motifs is 1. The van der Waals surface area contributed by atoms with Crippen molar-refractivity contribution in [2.45, 2.75) is 42.7 Å². The first-order valence-electron chi connectivity index (χ1n) is 8.48. The van der Waals surface area contributed by atoms with Crippen LogP contribution in [-0.4, -0.2) is 44.9 Å². The molecule has 2 atom stereocenters. The molecule has 7 nitrogen and oxygen atoms in total. The Bertz CT molecular complexity index is 1090. The minimum Gasteiger partial charge on any atom is -0.362 e. The molecule has 2 aliphatic rings. The van der Waals surface area contributed by atoms with Crippen molar-refractivity contribution in [3.8, 4) is 0 Å². The predicted octanol–water partition coefficient (Wildman–Crippen LogP) is 2.89. The van der Waals surface area contributed by atoms with E-state index in [9.17, 15) is 8.42 Å². The van der Waals surface area contributed by atoms with Crippen molar-refractivity contribution in [2.75, 3.05) is 5.75 Å². The van der Waals surface area contributed by atoms with Crippen LogP contribution in [0.3, 0.4) is 0 Å². The van der Waals surface area contributed by atoms with Crippen LogP contribution in [0.1, 0.15) is 38.0 Å². The van der Waals surface area contributed by atoms with Gasteiger partial charge in [-0.2, -0.15) is 5.10 Å². The SMILES string of the molecule is CC1(C)C(=N)N[C@](C)(C2=C(Cl)CC(c3ccn4ncnc4c3)S2)CS1(=O)=O. The minimum absolute atomic E-state index is 0.00199. The van der Waals surface area contributed by atoms with Gasteiger partial charge in [-0.1, -0.05) is 11.6 Å². The second-order valence-electron chi connectivity index (χ2n) is 7.67. The van der Waals surface area contributed by atoms with Gasteiger partial charge in [0.25, 0.3) is 0 Å². The molecule has 0 aromatic carbocycles. The van der Waals surface area contributed by atoms with Crippen molar-refractivity contribution < 1.29 is 8.42 Å². The molecule has 0 saturated carbocycles. The maximum Gasteiger partial charge on any atom is 0.165 e. The molecule has 144 valence electrons. The number of halogens is 1. The Kier molecular flexibility index (Phi) is 4.14. The summed E-state index contributed by atoms with van der Waals surface area (Å²) in [4.78, 5) is 5.00. The molecule has 2 N–H and O–H groups in total. The number of amidine groups is 1. The molecule has 0 aliphatic carbocycles. The molecular formula is C17H20ClN5O2S2. The zero-order valence-corrected chi connectivity index (χ0v) is 17.5. The number of nitrogens with zero attached hydrogens (tertiary/aromatic N) is 3. The smallest absolute Gasteiger partial charge is 0.165 e. The third-order valence-corrected chi connectivity index (χ3v) is 10.1. The van der Waals surface area contributed by atoms with Crippen LogP contribution in [0, 0.1) is 5.41 Å². The number of nitrogens with one attached hydrogen (secondary N) is 2. The Morgan fingerprint density at radius 3 is 2.85 bits per heavy atom. The van der Waals surface area contributed by atoms with Crippen LogP contribution in [0.4, 0.5) is 0 Å². The molecule has 10 heteroatoms. The molecule has 0 spiro atoms. The zero-order chi connectivity index (χ0) is 19.6. The highest BCUT2D eigenvalue weighted by atomic mass is 35.5. The van der Waals surface area contributed by atoms with Crippen molar-refractivity contribution in [1.29, 1.82) is 5.41 Å². The van der Waals surface area contributed by atoms with Crippen LogP contribution in [-0.2, 0) is 9.84 Å². The Balaban J connectivity index is 1.64. The normalized spacial score (nSPS) is 29.9. The van der Waals surface area contributed by atoms with Crippen LogP contribution >= 0.6 is 23.4 Å². The molecule has 1 fully saturated rings. The van der Waals surface area contributed by atoms with Gasteiger partial charge < -0.3 is 5.32 Å². The molecular weight excluding hydrogens is 406 g/mol. The largest absolute Gasteiger partial charge is 0.362 e. The summed E-state index contributed by atoms with van der Waals surface area (Å²) in [5.41, 5.74) is 0.915. The average molecular weight is 426 g/mol. The molecule has 4 heterocycles. The molecule has 0 amide bonds. The summed E-state index contributed by atoms with van der Waals surface area (Å²) >= 11 is 8.13. The van der Waals surface area contributed by atoms with E-state index in [1.165, 1.54) is 6.33 Å². The van der Waals surface area contributed by atoms with Crippen LogP contribution in [0.25, 0.3) is 5.65 Å². The van der Waals surface area contributed by atoms with Crippen molar-refractivity contribution >= 4 is 44.7 Å². The fraction of sp³-hybridized carbons (Fsp3) is 0.471. The van der Waals surface area contributed by atoms with Gasteiger partial charge in [-0.25, -0.2) is 17.9 Å². The summed E-state index contributed by atoms with van der Waals surface area (Å²) in [6, 6.07) is 3.95. The second kappa shape index (κ2) is 5.96. The molecule has 27 heavy (non-hydrogen) atoms. The highest BCUT2D eigenvalue weighted by molar-refractivity contribution is 8.03. The fourth-order valence-corrected chi connectivity index (χ4v) is 7.24. The molecule has 2 aliphatic heterocycles. The lowest BCUT2D eigenvalue weighted by Gasteiger charge is -2.43. The number of rotatable bonds is 2. The highest BCUT2D eigenvalue weighted by Crippen LogP contribution is 2.53. The Labute approximate surface area is 167 Å². The Morgan fingerprint density at radius 1 is 1.41 bits per heavy atom. The van der Waals surface area contributed by atoms with E-state index in [1.54, 1.807) is 30.1 Å². The first-order valence-corrected chi connectivity index (χ1v) is 11.4. The Hall–Kier alpha value is -1.58. The monoisotopic (exact) mass is 425 g/mol. The zero-order valence-electron chi connectivity index (χ0n) is 15.2. The van der Waals surface area contributed by atoms with Crippen LogP contribution in [0.2, 0.25) is 0 Å². The third-order valence-electron chi connectivity index (χ3n) is 5.31. The molecule has 0 radical (unpaired) electrons. The number of aromatic nitrogens is 3. The number of hydrogen-bond donors (Lipinski definition) is 2. The molecule has 1 saturated heterocycles. The van der Waals surface area contributed by atoms with E-state index in [1.807, 2.05) is 25.3 Å². The van der Waals surface area contributed by atoms with E-state index in [2.05, 4.69) is 15.4 Å². The van der Waals surface area contributed by atoms with Crippen LogP contribution < -0.4 is 5.32 Å². The molecule has 0 bridgehead atoms. The van der Waals surface area contributed by atoms with Crippen molar-refractivity contribution in [3.05, 3.63) is 40.2 Å². The second-order valence-corrected chi connectivity index (χ2v) is 11.9. The van der Waals surface area contributed by atoms with Gasteiger partial charge in [0.05, 0.1) is 11.3 Å². The van der Waals surface area contributed by atoms with Gasteiger partial charge >= 0.3 is 0 Å². The summed E-state index contributed by atoms with van der Waals surface area (Å²) in [5.74, 6) is -0.0914. The standard InChI is InChI=1S/C17H20ClN5O2S2/c1-16(2)15(19)22-17(3,8-27(16,24)25)14-11(18)7-12(26-14)10-4-5-23-13(6-10)20-9-21-23/h4-6,9,12H,7-8H2,1-3H3,(H2,19,22)/t12?,17-/m0/s1. The van der Waals surface area contributed by atoms with Crippen molar-refractivity contribution in [2.24, 2.45) is 0 Å². The van der Waals surface area contributed by atoms with Gasteiger partial charge in [-0.15, -0.1) is 11.8 Å². The maximum absolute atomic E-state index is 12.8. The lowest BCUT2D eigenvalue weighted by molar-refractivity contribution is 0.493. The fourth-order valence-electron chi connectivity index (χ4n) is 3.45.